The van der Waals surface area contributed by atoms with Crippen molar-refractivity contribution in [2.45, 2.75) is 39.4 Å². The van der Waals surface area contributed by atoms with E-state index in [9.17, 15) is 14.9 Å². The molecule has 0 N–H and O–H groups in total. The number of hydrogen-bond donors (Lipinski definition) is 0. The van der Waals surface area contributed by atoms with Crippen molar-refractivity contribution in [1.82, 2.24) is 4.90 Å². The third-order valence-corrected chi connectivity index (χ3v) is 3.91. The van der Waals surface area contributed by atoms with E-state index in [2.05, 4.69) is 6.58 Å². The van der Waals surface area contributed by atoms with Crippen molar-refractivity contribution in [2.75, 3.05) is 11.4 Å². The third kappa shape index (κ3) is 2.81. The van der Waals surface area contributed by atoms with Crippen LogP contribution in [0.25, 0.3) is 0 Å². The highest BCUT2D eigenvalue weighted by Gasteiger charge is 2.33. The second-order valence-electron chi connectivity index (χ2n) is 5.75. The van der Waals surface area contributed by atoms with E-state index < -0.39 is 4.92 Å². The van der Waals surface area contributed by atoms with Crippen molar-refractivity contribution in [1.29, 1.82) is 0 Å². The van der Waals surface area contributed by atoms with Gasteiger partial charge in [-0.3, -0.25) is 14.9 Å². The molecule has 118 valence electrons. The molecular formula is C16H21N3O3. The Bertz CT molecular complexity index is 613. The van der Waals surface area contributed by atoms with E-state index in [-0.39, 0.29) is 23.7 Å². The average Bonchev–Trinajstić information content (AvgIpc) is 2.55. The Morgan fingerprint density at radius 2 is 2.18 bits per heavy atom. The highest BCUT2D eigenvalue weighted by Crippen LogP contribution is 2.32. The smallest absolute Gasteiger partial charge is 0.269 e. The molecule has 0 aliphatic carbocycles. The average molecular weight is 303 g/mol. The van der Waals surface area contributed by atoms with E-state index in [1.165, 1.54) is 6.07 Å². The highest BCUT2D eigenvalue weighted by atomic mass is 16.6. The topological polar surface area (TPSA) is 66.7 Å². The van der Waals surface area contributed by atoms with Crippen LogP contribution in [0.1, 0.15) is 26.3 Å². The number of nitro groups is 1. The van der Waals surface area contributed by atoms with Crippen LogP contribution in [-0.2, 0) is 11.3 Å². The summed E-state index contributed by atoms with van der Waals surface area (Å²) in [4.78, 5) is 27.0. The molecule has 6 nitrogen and oxygen atoms in total. The van der Waals surface area contributed by atoms with E-state index in [1.807, 2.05) is 25.7 Å². The number of nitrogens with zero attached hydrogens (tertiary/aromatic N) is 3. The lowest BCUT2D eigenvalue weighted by Gasteiger charge is -2.33. The number of rotatable bonds is 4. The van der Waals surface area contributed by atoms with Crippen LogP contribution in [0.5, 0.6) is 0 Å². The number of amides is 1. The van der Waals surface area contributed by atoms with E-state index >= 15 is 0 Å². The van der Waals surface area contributed by atoms with E-state index in [0.29, 0.717) is 13.1 Å². The largest absolute Gasteiger partial charge is 0.357 e. The SMILES string of the molecule is C=CCN1Cc2cc([N+](=O)[O-])ccc2N(C(C)C)[C@@H](C)C1=O. The zero-order valence-electron chi connectivity index (χ0n) is 13.2. The molecule has 0 radical (unpaired) electrons. The molecular weight excluding hydrogens is 282 g/mol. The van der Waals surface area contributed by atoms with Gasteiger partial charge in [-0.05, 0) is 26.8 Å². The van der Waals surface area contributed by atoms with E-state index in [4.69, 9.17) is 0 Å². The first-order chi connectivity index (χ1) is 10.4. The van der Waals surface area contributed by atoms with Gasteiger partial charge in [0, 0.05) is 42.5 Å². The van der Waals surface area contributed by atoms with Gasteiger partial charge in [-0.15, -0.1) is 6.58 Å². The number of carbonyl (C=O) groups is 1. The number of anilines is 1. The van der Waals surface area contributed by atoms with Gasteiger partial charge in [0.05, 0.1) is 4.92 Å². The van der Waals surface area contributed by atoms with Crippen molar-refractivity contribution in [3.8, 4) is 0 Å². The molecule has 0 unspecified atom stereocenters. The third-order valence-electron chi connectivity index (χ3n) is 3.91. The van der Waals surface area contributed by atoms with Crippen LogP contribution >= 0.6 is 0 Å². The number of non-ortho nitro benzene ring substituents is 1. The van der Waals surface area contributed by atoms with E-state index in [1.54, 1.807) is 23.1 Å². The van der Waals surface area contributed by atoms with Gasteiger partial charge in [0.2, 0.25) is 5.91 Å². The fourth-order valence-corrected chi connectivity index (χ4v) is 2.98. The quantitative estimate of drug-likeness (QED) is 0.487. The summed E-state index contributed by atoms with van der Waals surface area (Å²) in [5.41, 5.74) is 1.72. The zero-order chi connectivity index (χ0) is 16.4. The molecule has 0 aromatic heterocycles. The van der Waals surface area contributed by atoms with Crippen LogP contribution in [0.4, 0.5) is 11.4 Å². The Morgan fingerprint density at radius 1 is 1.50 bits per heavy atom. The molecule has 0 bridgehead atoms. The number of carbonyl (C=O) groups excluding carboxylic acids is 1. The maximum Gasteiger partial charge on any atom is 0.269 e. The monoisotopic (exact) mass is 303 g/mol. The molecule has 22 heavy (non-hydrogen) atoms. The summed E-state index contributed by atoms with van der Waals surface area (Å²) >= 11 is 0. The molecule has 1 aromatic rings. The summed E-state index contributed by atoms with van der Waals surface area (Å²) < 4.78 is 0. The first-order valence-corrected chi connectivity index (χ1v) is 7.32. The molecule has 0 saturated heterocycles. The lowest BCUT2D eigenvalue weighted by Crippen LogP contribution is -2.47. The summed E-state index contributed by atoms with van der Waals surface area (Å²) in [6.07, 6.45) is 1.67. The standard InChI is InChI=1S/C16H21N3O3/c1-5-8-17-10-13-9-14(19(21)22)6-7-15(13)18(11(2)3)12(4)16(17)20/h5-7,9,11-12H,1,8,10H2,2-4H3/t12-/m0/s1. The van der Waals surface area contributed by atoms with Gasteiger partial charge < -0.3 is 9.80 Å². The molecule has 1 atom stereocenters. The normalized spacial score (nSPS) is 18.2. The minimum atomic E-state index is -0.409. The zero-order valence-corrected chi connectivity index (χ0v) is 13.2. The van der Waals surface area contributed by atoms with Crippen LogP contribution in [-0.4, -0.2) is 34.4 Å². The molecule has 1 aliphatic rings. The van der Waals surface area contributed by atoms with Crippen LogP contribution in [0.3, 0.4) is 0 Å². The second-order valence-corrected chi connectivity index (χ2v) is 5.75. The van der Waals surface area contributed by atoms with Crippen LogP contribution in [0.15, 0.2) is 30.9 Å². The fraction of sp³-hybridized carbons (Fsp3) is 0.438. The lowest BCUT2D eigenvalue weighted by molar-refractivity contribution is -0.384. The molecule has 1 amide bonds. The van der Waals surface area contributed by atoms with Gasteiger partial charge in [-0.25, -0.2) is 0 Å². The number of benzene rings is 1. The summed E-state index contributed by atoms with van der Waals surface area (Å²) in [6, 6.07) is 4.60. The Kier molecular flexibility index (Phi) is 4.49. The van der Waals surface area contributed by atoms with Crippen molar-refractivity contribution in [3.63, 3.8) is 0 Å². The Hall–Kier alpha value is -2.37. The van der Waals surface area contributed by atoms with Gasteiger partial charge >= 0.3 is 0 Å². The maximum atomic E-state index is 12.6. The molecule has 1 aromatic carbocycles. The summed E-state index contributed by atoms with van der Waals surface area (Å²) in [7, 11) is 0. The highest BCUT2D eigenvalue weighted by molar-refractivity contribution is 5.87. The van der Waals surface area contributed by atoms with Crippen molar-refractivity contribution >= 4 is 17.3 Å². The van der Waals surface area contributed by atoms with Gasteiger partial charge in [-0.2, -0.15) is 0 Å². The molecule has 0 fully saturated rings. The Morgan fingerprint density at radius 3 is 2.73 bits per heavy atom. The molecule has 1 aliphatic heterocycles. The van der Waals surface area contributed by atoms with Gasteiger partial charge in [0.25, 0.3) is 5.69 Å². The van der Waals surface area contributed by atoms with Crippen molar-refractivity contribution < 1.29 is 9.72 Å². The molecule has 6 heteroatoms. The van der Waals surface area contributed by atoms with Gasteiger partial charge in [0.1, 0.15) is 6.04 Å². The molecule has 0 spiro atoms. The van der Waals surface area contributed by atoms with Crippen molar-refractivity contribution in [3.05, 3.63) is 46.5 Å². The Labute approximate surface area is 130 Å². The van der Waals surface area contributed by atoms with Crippen LogP contribution in [0, 0.1) is 10.1 Å². The first-order valence-electron chi connectivity index (χ1n) is 7.32. The summed E-state index contributed by atoms with van der Waals surface area (Å²) in [6.45, 7) is 10.4. The van der Waals surface area contributed by atoms with Crippen LogP contribution in [0.2, 0.25) is 0 Å². The van der Waals surface area contributed by atoms with E-state index in [0.717, 1.165) is 11.3 Å². The minimum absolute atomic E-state index is 0.00690. The summed E-state index contributed by atoms with van der Waals surface area (Å²) in [5.74, 6) is 0.00690. The molecule has 1 heterocycles. The predicted molar refractivity (Wildman–Crippen MR) is 85.8 cm³/mol. The number of fused-ring (bicyclic) bond motifs is 1. The second kappa shape index (κ2) is 6.17. The fourth-order valence-electron chi connectivity index (χ4n) is 2.98. The summed E-state index contributed by atoms with van der Waals surface area (Å²) in [5, 5.41) is 11.0. The number of nitro benzene ring substituents is 1. The molecule has 0 saturated carbocycles. The predicted octanol–water partition coefficient (Wildman–Crippen LogP) is 2.73. The van der Waals surface area contributed by atoms with Gasteiger partial charge in [-0.1, -0.05) is 6.08 Å². The maximum absolute atomic E-state index is 12.6. The minimum Gasteiger partial charge on any atom is -0.357 e. The number of hydrogen-bond acceptors (Lipinski definition) is 4. The van der Waals surface area contributed by atoms with Gasteiger partial charge in [0.15, 0.2) is 0 Å². The van der Waals surface area contributed by atoms with Crippen LogP contribution < -0.4 is 4.90 Å². The van der Waals surface area contributed by atoms with Crippen molar-refractivity contribution in [2.24, 2.45) is 0 Å². The Balaban J connectivity index is 2.57. The molecule has 2 rings (SSSR count). The first kappa shape index (κ1) is 16.0. The lowest BCUT2D eigenvalue weighted by atomic mass is 10.1.